The van der Waals surface area contributed by atoms with Gasteiger partial charge in [-0.1, -0.05) is 48.0 Å². The summed E-state index contributed by atoms with van der Waals surface area (Å²) >= 11 is 0. The van der Waals surface area contributed by atoms with Crippen molar-refractivity contribution >= 4 is 17.5 Å². The Morgan fingerprint density at radius 1 is 0.862 bits per heavy atom. The maximum atomic E-state index is 12.6. The van der Waals surface area contributed by atoms with Crippen LogP contribution in [0, 0.1) is 13.8 Å². The fourth-order valence-electron chi connectivity index (χ4n) is 3.42. The number of aromatic nitrogens is 2. The topological polar surface area (TPSA) is 61.4 Å². The van der Waals surface area contributed by atoms with Gasteiger partial charge in [0.2, 0.25) is 0 Å². The number of nitrogens with zero attached hydrogens (tertiary/aromatic N) is 4. The predicted molar refractivity (Wildman–Crippen MR) is 116 cm³/mol. The van der Waals surface area contributed by atoms with Crippen molar-refractivity contribution in [2.45, 2.75) is 13.8 Å². The van der Waals surface area contributed by atoms with Crippen molar-refractivity contribution in [2.24, 2.45) is 0 Å². The number of nitrogens with one attached hydrogen (secondary N) is 1. The molecule has 1 saturated heterocycles. The molecule has 0 aliphatic carbocycles. The first-order chi connectivity index (χ1) is 14.1. The molecule has 6 heteroatoms. The van der Waals surface area contributed by atoms with E-state index in [9.17, 15) is 4.79 Å². The Hall–Kier alpha value is -3.41. The Morgan fingerprint density at radius 2 is 1.59 bits per heavy atom. The van der Waals surface area contributed by atoms with Crippen molar-refractivity contribution in [1.82, 2.24) is 15.1 Å². The van der Waals surface area contributed by atoms with Gasteiger partial charge in [0.05, 0.1) is 5.69 Å². The molecule has 6 nitrogen and oxygen atoms in total. The molecule has 0 bridgehead atoms. The van der Waals surface area contributed by atoms with Crippen LogP contribution in [0.2, 0.25) is 0 Å². The lowest BCUT2D eigenvalue weighted by atomic mass is 10.1. The summed E-state index contributed by atoms with van der Waals surface area (Å²) < 4.78 is 0. The second kappa shape index (κ2) is 8.31. The lowest BCUT2D eigenvalue weighted by Crippen LogP contribution is -2.50. The van der Waals surface area contributed by atoms with E-state index < -0.39 is 0 Å². The van der Waals surface area contributed by atoms with E-state index in [0.29, 0.717) is 13.1 Å². The van der Waals surface area contributed by atoms with E-state index in [-0.39, 0.29) is 6.03 Å². The number of piperazine rings is 1. The Labute approximate surface area is 171 Å². The van der Waals surface area contributed by atoms with Gasteiger partial charge in [-0.25, -0.2) is 4.79 Å². The van der Waals surface area contributed by atoms with Crippen LogP contribution in [0.1, 0.15) is 11.1 Å². The van der Waals surface area contributed by atoms with Crippen LogP contribution in [-0.4, -0.2) is 47.3 Å². The maximum Gasteiger partial charge on any atom is 0.321 e. The first-order valence-electron chi connectivity index (χ1n) is 9.87. The van der Waals surface area contributed by atoms with Crippen LogP contribution in [0.5, 0.6) is 0 Å². The number of benzene rings is 2. The van der Waals surface area contributed by atoms with E-state index in [4.69, 9.17) is 0 Å². The average Bonchev–Trinajstić information content (AvgIpc) is 2.76. The van der Waals surface area contributed by atoms with Crippen molar-refractivity contribution in [3.8, 4) is 11.3 Å². The molecule has 1 aliphatic heterocycles. The highest BCUT2D eigenvalue weighted by Crippen LogP contribution is 2.20. The number of rotatable bonds is 3. The fourth-order valence-corrected chi connectivity index (χ4v) is 3.42. The number of carbonyl (C=O) groups excluding carboxylic acids is 1. The van der Waals surface area contributed by atoms with Gasteiger partial charge in [-0.3, -0.25) is 0 Å². The summed E-state index contributed by atoms with van der Waals surface area (Å²) in [6, 6.07) is 20.0. The van der Waals surface area contributed by atoms with Crippen LogP contribution in [0.4, 0.5) is 16.3 Å². The van der Waals surface area contributed by atoms with E-state index in [1.165, 1.54) is 5.56 Å². The summed E-state index contributed by atoms with van der Waals surface area (Å²) in [5.74, 6) is 0.847. The van der Waals surface area contributed by atoms with Crippen molar-refractivity contribution < 1.29 is 4.79 Å². The standard InChI is InChI=1S/C23H25N5O/c1-17-7-9-19(10-8-17)21-11-12-22(26-25-21)27-13-15-28(16-14-27)23(29)24-20-6-4-3-5-18(20)2/h3-12H,13-16H2,1-2H3,(H,24,29). The van der Waals surface area contributed by atoms with Gasteiger partial charge < -0.3 is 15.1 Å². The van der Waals surface area contributed by atoms with E-state index in [1.54, 1.807) is 0 Å². The van der Waals surface area contributed by atoms with Gasteiger partial charge in [0.25, 0.3) is 0 Å². The molecule has 1 aromatic heterocycles. The zero-order chi connectivity index (χ0) is 20.2. The first kappa shape index (κ1) is 18.9. The molecule has 0 radical (unpaired) electrons. The Morgan fingerprint density at radius 3 is 2.24 bits per heavy atom. The van der Waals surface area contributed by atoms with Gasteiger partial charge in [0.1, 0.15) is 0 Å². The van der Waals surface area contributed by atoms with Crippen LogP contribution in [-0.2, 0) is 0 Å². The lowest BCUT2D eigenvalue weighted by molar-refractivity contribution is 0.208. The number of urea groups is 1. The van der Waals surface area contributed by atoms with Gasteiger partial charge >= 0.3 is 6.03 Å². The fraction of sp³-hybridized carbons (Fsp3) is 0.261. The highest BCUT2D eigenvalue weighted by Gasteiger charge is 2.22. The first-order valence-corrected chi connectivity index (χ1v) is 9.87. The molecule has 0 atom stereocenters. The molecule has 148 valence electrons. The van der Waals surface area contributed by atoms with Gasteiger partial charge in [0.15, 0.2) is 5.82 Å². The number of hydrogen-bond donors (Lipinski definition) is 1. The number of anilines is 2. The summed E-state index contributed by atoms with van der Waals surface area (Å²) in [5.41, 5.74) is 5.07. The molecule has 2 heterocycles. The van der Waals surface area contributed by atoms with Crippen molar-refractivity contribution in [1.29, 1.82) is 0 Å². The van der Waals surface area contributed by atoms with Crippen LogP contribution < -0.4 is 10.2 Å². The number of carbonyl (C=O) groups is 1. The summed E-state index contributed by atoms with van der Waals surface area (Å²) in [6.45, 7) is 6.84. The van der Waals surface area contributed by atoms with Crippen LogP contribution in [0.3, 0.4) is 0 Å². The van der Waals surface area contributed by atoms with E-state index in [2.05, 4.69) is 51.6 Å². The summed E-state index contributed by atoms with van der Waals surface area (Å²) in [7, 11) is 0. The maximum absolute atomic E-state index is 12.6. The van der Waals surface area contributed by atoms with Crippen LogP contribution in [0.25, 0.3) is 11.3 Å². The molecule has 0 spiro atoms. The second-order valence-corrected chi connectivity index (χ2v) is 7.36. The average molecular weight is 387 g/mol. The predicted octanol–water partition coefficient (Wildman–Crippen LogP) is 4.11. The Kier molecular flexibility index (Phi) is 5.42. The lowest BCUT2D eigenvalue weighted by Gasteiger charge is -2.35. The number of para-hydroxylation sites is 1. The van der Waals surface area contributed by atoms with Gasteiger partial charge in [0, 0.05) is 37.4 Å². The van der Waals surface area contributed by atoms with Gasteiger partial charge in [-0.15, -0.1) is 10.2 Å². The van der Waals surface area contributed by atoms with Crippen LogP contribution >= 0.6 is 0 Å². The summed E-state index contributed by atoms with van der Waals surface area (Å²) in [5, 5.41) is 11.8. The zero-order valence-corrected chi connectivity index (χ0v) is 16.8. The molecule has 2 aromatic carbocycles. The molecule has 29 heavy (non-hydrogen) atoms. The van der Waals surface area contributed by atoms with E-state index in [0.717, 1.165) is 41.4 Å². The molecular formula is C23H25N5O. The Balaban J connectivity index is 1.35. The molecule has 4 rings (SSSR count). The van der Waals surface area contributed by atoms with Crippen molar-refractivity contribution in [3.05, 3.63) is 71.8 Å². The van der Waals surface area contributed by atoms with E-state index >= 15 is 0 Å². The third-order valence-electron chi connectivity index (χ3n) is 5.28. The number of aryl methyl sites for hydroxylation is 2. The quantitative estimate of drug-likeness (QED) is 0.735. The minimum Gasteiger partial charge on any atom is -0.352 e. The second-order valence-electron chi connectivity index (χ2n) is 7.36. The molecule has 2 amide bonds. The number of amides is 2. The SMILES string of the molecule is Cc1ccc(-c2ccc(N3CCN(C(=O)Nc4ccccc4C)CC3)nn2)cc1. The monoisotopic (exact) mass is 387 g/mol. The highest BCUT2D eigenvalue weighted by molar-refractivity contribution is 5.90. The molecule has 1 aliphatic rings. The zero-order valence-electron chi connectivity index (χ0n) is 16.8. The molecule has 1 N–H and O–H groups in total. The smallest absolute Gasteiger partial charge is 0.321 e. The highest BCUT2D eigenvalue weighted by atomic mass is 16.2. The summed E-state index contributed by atoms with van der Waals surface area (Å²) in [6.07, 6.45) is 0. The van der Waals surface area contributed by atoms with Crippen molar-refractivity contribution in [2.75, 3.05) is 36.4 Å². The minimum absolute atomic E-state index is 0.0558. The van der Waals surface area contributed by atoms with Crippen LogP contribution in [0.15, 0.2) is 60.7 Å². The normalized spacial score (nSPS) is 14.0. The molecule has 3 aromatic rings. The third kappa shape index (κ3) is 4.37. The summed E-state index contributed by atoms with van der Waals surface area (Å²) in [4.78, 5) is 16.6. The largest absolute Gasteiger partial charge is 0.352 e. The molecular weight excluding hydrogens is 362 g/mol. The number of hydrogen-bond acceptors (Lipinski definition) is 4. The van der Waals surface area contributed by atoms with Crippen molar-refractivity contribution in [3.63, 3.8) is 0 Å². The van der Waals surface area contributed by atoms with Gasteiger partial charge in [-0.2, -0.15) is 0 Å². The van der Waals surface area contributed by atoms with E-state index in [1.807, 2.05) is 48.2 Å². The van der Waals surface area contributed by atoms with Gasteiger partial charge in [-0.05, 0) is 37.6 Å². The Bertz CT molecular complexity index is 977. The third-order valence-corrected chi connectivity index (χ3v) is 5.28. The molecule has 0 saturated carbocycles. The minimum atomic E-state index is -0.0558. The molecule has 1 fully saturated rings. The molecule has 0 unspecified atom stereocenters.